The Morgan fingerprint density at radius 1 is 1.14 bits per heavy atom. The van der Waals surface area contributed by atoms with Crippen molar-refractivity contribution in [3.05, 3.63) is 66.0 Å². The minimum atomic E-state index is 0.511. The number of hydrogen-bond acceptors (Lipinski definition) is 5. The number of benzene rings is 2. The van der Waals surface area contributed by atoms with Crippen LogP contribution < -0.4 is 10.2 Å². The largest absolute Gasteiger partial charge is 0.329 e. The summed E-state index contributed by atoms with van der Waals surface area (Å²) in [5, 5.41) is 8.83. The molecule has 0 saturated carbocycles. The predicted octanol–water partition coefficient (Wildman–Crippen LogP) is 4.16. The molecule has 2 heterocycles. The van der Waals surface area contributed by atoms with E-state index in [4.69, 9.17) is 6.42 Å². The molecule has 2 aromatic carbocycles. The highest BCUT2D eigenvalue weighted by Gasteiger charge is 2.11. The Labute approximate surface area is 163 Å². The second kappa shape index (κ2) is 7.05. The average Bonchev–Trinajstić information content (AvgIpc) is 3.01. The number of aryl methyl sites for hydroxylation is 2. The number of rotatable bonds is 4. The van der Waals surface area contributed by atoms with Gasteiger partial charge in [0.1, 0.15) is 5.82 Å². The molecule has 0 amide bonds. The van der Waals surface area contributed by atoms with E-state index >= 15 is 0 Å². The van der Waals surface area contributed by atoms with E-state index < -0.39 is 0 Å². The number of nitrogens with zero attached hydrogens (tertiary/aromatic N) is 5. The van der Waals surface area contributed by atoms with E-state index in [9.17, 15) is 0 Å². The molecule has 138 valence electrons. The van der Waals surface area contributed by atoms with Crippen LogP contribution in [0.3, 0.4) is 0 Å². The maximum atomic E-state index is 5.47. The van der Waals surface area contributed by atoms with Crippen molar-refractivity contribution in [3.8, 4) is 12.3 Å². The van der Waals surface area contributed by atoms with Crippen molar-refractivity contribution in [3.63, 3.8) is 0 Å². The van der Waals surface area contributed by atoms with Crippen LogP contribution in [0.1, 0.15) is 11.3 Å². The normalized spacial score (nSPS) is 10.6. The number of hydrogen-bond donors (Lipinski definition) is 1. The van der Waals surface area contributed by atoms with Crippen LogP contribution in [0.5, 0.6) is 0 Å². The van der Waals surface area contributed by atoms with Gasteiger partial charge in [0.25, 0.3) is 0 Å². The molecule has 0 unspecified atom stereocenters. The van der Waals surface area contributed by atoms with Crippen LogP contribution in [-0.4, -0.2) is 26.8 Å². The van der Waals surface area contributed by atoms with Crippen LogP contribution >= 0.6 is 0 Å². The molecule has 2 aromatic heterocycles. The first-order valence-corrected chi connectivity index (χ1v) is 8.89. The first-order valence-electron chi connectivity index (χ1n) is 8.89. The molecule has 6 nitrogen and oxygen atoms in total. The van der Waals surface area contributed by atoms with Crippen LogP contribution in [0.15, 0.2) is 54.7 Å². The number of aromatic nitrogens is 4. The summed E-state index contributed by atoms with van der Waals surface area (Å²) in [5.41, 5.74) is 4.79. The molecule has 0 aliphatic carbocycles. The van der Waals surface area contributed by atoms with Gasteiger partial charge in [0, 0.05) is 42.6 Å². The van der Waals surface area contributed by atoms with Gasteiger partial charge in [-0.1, -0.05) is 12.0 Å². The molecule has 0 aliphatic rings. The lowest BCUT2D eigenvalue weighted by atomic mass is 10.2. The first-order chi connectivity index (χ1) is 13.5. The summed E-state index contributed by atoms with van der Waals surface area (Å²) in [6.07, 6.45) is 7.21. The molecule has 4 rings (SSSR count). The van der Waals surface area contributed by atoms with Crippen molar-refractivity contribution < 1.29 is 0 Å². The maximum absolute atomic E-state index is 5.47. The third-order valence-corrected chi connectivity index (χ3v) is 4.68. The fourth-order valence-corrected chi connectivity index (χ4v) is 3.18. The Balaban J connectivity index is 1.63. The highest BCUT2D eigenvalue weighted by molar-refractivity contribution is 5.86. The number of anilines is 4. The molecule has 4 aromatic rings. The third kappa shape index (κ3) is 3.26. The number of fused-ring (bicyclic) bond motifs is 1. The zero-order valence-corrected chi connectivity index (χ0v) is 16.0. The second-order valence-corrected chi connectivity index (χ2v) is 6.56. The van der Waals surface area contributed by atoms with Crippen molar-refractivity contribution in [2.45, 2.75) is 6.92 Å². The molecule has 0 atom stereocenters. The van der Waals surface area contributed by atoms with Gasteiger partial charge < -0.3 is 10.2 Å². The van der Waals surface area contributed by atoms with Crippen LogP contribution in [-0.2, 0) is 7.05 Å². The lowest BCUT2D eigenvalue weighted by Crippen LogP contribution is -2.12. The van der Waals surface area contributed by atoms with Gasteiger partial charge in [0.05, 0.1) is 11.2 Å². The molecule has 0 radical (unpaired) electrons. The zero-order valence-electron chi connectivity index (χ0n) is 16.0. The Morgan fingerprint density at radius 2 is 2.00 bits per heavy atom. The topological polar surface area (TPSA) is 58.9 Å². The van der Waals surface area contributed by atoms with Crippen LogP contribution in [0, 0.1) is 19.3 Å². The summed E-state index contributed by atoms with van der Waals surface area (Å²) in [4.78, 5) is 11.0. The lowest BCUT2D eigenvalue weighted by molar-refractivity contribution is 0.783. The van der Waals surface area contributed by atoms with Gasteiger partial charge in [0.15, 0.2) is 0 Å². The Bertz CT molecular complexity index is 1200. The van der Waals surface area contributed by atoms with Crippen LogP contribution in [0.2, 0.25) is 0 Å². The summed E-state index contributed by atoms with van der Waals surface area (Å²) < 4.78 is 1.89. The van der Waals surface area contributed by atoms with Crippen LogP contribution in [0.25, 0.3) is 10.9 Å². The van der Waals surface area contributed by atoms with E-state index in [2.05, 4.69) is 44.5 Å². The predicted molar refractivity (Wildman–Crippen MR) is 113 cm³/mol. The molecule has 6 heteroatoms. The Hall–Kier alpha value is -3.85. The molecule has 0 spiro atoms. The SMILES string of the molecule is C#Cc1cccc(Nc2nccc(N(C)c3ccc4c(c3)c(C)nn4C)n2)c1. The summed E-state index contributed by atoms with van der Waals surface area (Å²) >= 11 is 0. The Morgan fingerprint density at radius 3 is 2.82 bits per heavy atom. The fraction of sp³-hybridized carbons (Fsp3) is 0.136. The maximum Gasteiger partial charge on any atom is 0.229 e. The summed E-state index contributed by atoms with van der Waals surface area (Å²) in [7, 11) is 3.94. The van der Waals surface area contributed by atoms with Crippen molar-refractivity contribution in [2.24, 2.45) is 7.05 Å². The minimum Gasteiger partial charge on any atom is -0.329 e. The monoisotopic (exact) mass is 368 g/mol. The second-order valence-electron chi connectivity index (χ2n) is 6.56. The molecule has 0 fully saturated rings. The molecule has 0 bridgehead atoms. The number of terminal acetylenes is 1. The molecular weight excluding hydrogens is 348 g/mol. The van der Waals surface area contributed by atoms with Gasteiger partial charge in [-0.2, -0.15) is 10.1 Å². The van der Waals surface area contributed by atoms with Crippen molar-refractivity contribution in [1.29, 1.82) is 0 Å². The zero-order chi connectivity index (χ0) is 19.7. The first kappa shape index (κ1) is 17.6. The summed E-state index contributed by atoms with van der Waals surface area (Å²) in [6, 6.07) is 15.7. The lowest BCUT2D eigenvalue weighted by Gasteiger charge is -2.19. The van der Waals surface area contributed by atoms with E-state index in [0.717, 1.165) is 39.4 Å². The highest BCUT2D eigenvalue weighted by Crippen LogP contribution is 2.28. The van der Waals surface area contributed by atoms with Gasteiger partial charge in [-0.25, -0.2) is 4.98 Å². The average molecular weight is 368 g/mol. The van der Waals surface area contributed by atoms with Crippen molar-refractivity contribution in [1.82, 2.24) is 19.7 Å². The standard InChI is InChI=1S/C22H20N6/c1-5-16-7-6-8-17(13-16)24-22-23-12-11-21(25-22)27(3)18-9-10-20-19(14-18)15(2)26-28(20)4/h1,6-14H,2-4H3,(H,23,24,25). The highest BCUT2D eigenvalue weighted by atomic mass is 15.3. The summed E-state index contributed by atoms with van der Waals surface area (Å²) in [5.74, 6) is 3.92. The van der Waals surface area contributed by atoms with Gasteiger partial charge in [0.2, 0.25) is 5.95 Å². The van der Waals surface area contributed by atoms with E-state index in [0.29, 0.717) is 5.95 Å². The van der Waals surface area contributed by atoms with E-state index in [1.54, 1.807) is 6.20 Å². The van der Waals surface area contributed by atoms with Gasteiger partial charge >= 0.3 is 0 Å². The van der Waals surface area contributed by atoms with Gasteiger partial charge in [-0.05, 0) is 49.4 Å². The quantitative estimate of drug-likeness (QED) is 0.548. The molecular formula is C22H20N6. The van der Waals surface area contributed by atoms with Gasteiger partial charge in [-0.15, -0.1) is 6.42 Å². The molecule has 0 saturated heterocycles. The van der Waals surface area contributed by atoms with E-state index in [-0.39, 0.29) is 0 Å². The smallest absolute Gasteiger partial charge is 0.229 e. The molecule has 1 N–H and O–H groups in total. The molecule has 28 heavy (non-hydrogen) atoms. The van der Waals surface area contributed by atoms with Crippen LogP contribution in [0.4, 0.5) is 23.1 Å². The minimum absolute atomic E-state index is 0.511. The van der Waals surface area contributed by atoms with Gasteiger partial charge in [-0.3, -0.25) is 4.68 Å². The van der Waals surface area contributed by atoms with E-state index in [1.807, 2.05) is 60.9 Å². The number of nitrogens with one attached hydrogen (secondary N) is 1. The third-order valence-electron chi connectivity index (χ3n) is 4.68. The Kier molecular flexibility index (Phi) is 4.42. The molecule has 0 aliphatic heterocycles. The van der Waals surface area contributed by atoms with Crippen molar-refractivity contribution >= 4 is 34.0 Å². The van der Waals surface area contributed by atoms with E-state index in [1.165, 1.54) is 0 Å². The van der Waals surface area contributed by atoms with Crippen molar-refractivity contribution in [2.75, 3.05) is 17.3 Å². The summed E-state index contributed by atoms with van der Waals surface area (Å²) in [6.45, 7) is 2.02. The fourth-order valence-electron chi connectivity index (χ4n) is 3.18.